The monoisotopic (exact) mass is 218 g/mol. The van der Waals surface area contributed by atoms with Gasteiger partial charge in [0.2, 0.25) is 0 Å². The van der Waals surface area contributed by atoms with Crippen LogP contribution in [0.2, 0.25) is 0 Å². The average Bonchev–Trinajstić information content (AvgIpc) is 2.27. The molecule has 1 aromatic carbocycles. The summed E-state index contributed by atoms with van der Waals surface area (Å²) in [7, 11) is 0.397. The molecule has 0 unspecified atom stereocenters. The third-order valence-corrected chi connectivity index (χ3v) is 3.80. The number of hydrogen-bond acceptors (Lipinski definition) is 1. The van der Waals surface area contributed by atoms with Crippen LogP contribution in [0.3, 0.4) is 0 Å². The minimum absolute atomic E-state index is 0.0350. The Kier molecular flexibility index (Phi) is 4.30. The molecular formula is C13H18OSi. The first-order chi connectivity index (χ1) is 7.09. The van der Waals surface area contributed by atoms with Crippen LogP contribution in [0.15, 0.2) is 30.8 Å². The molecule has 1 nitrogen and oxygen atoms in total. The minimum Gasteiger partial charge on any atom is -0.406 e. The second kappa shape index (κ2) is 5.28. The van der Waals surface area contributed by atoms with E-state index < -0.39 is 0 Å². The van der Waals surface area contributed by atoms with Crippen molar-refractivity contribution in [2.45, 2.75) is 32.8 Å². The Balaban J connectivity index is 2.69. The predicted molar refractivity (Wildman–Crippen MR) is 67.4 cm³/mol. The fourth-order valence-electron chi connectivity index (χ4n) is 1.03. The fraction of sp³-hybridized carbons (Fsp3) is 0.385. The van der Waals surface area contributed by atoms with Gasteiger partial charge in [-0.1, -0.05) is 43.8 Å². The standard InChI is InChI=1S/C13H18OSi/c1-5-11-9-7-8-10-12(11)15-14-13(3,4)6-2/h5,7-10H,1,6H2,2-4H3. The van der Waals surface area contributed by atoms with Gasteiger partial charge >= 0.3 is 0 Å². The molecule has 2 radical (unpaired) electrons. The zero-order valence-electron chi connectivity index (χ0n) is 9.71. The lowest BCUT2D eigenvalue weighted by Gasteiger charge is -2.23. The van der Waals surface area contributed by atoms with Gasteiger partial charge in [0, 0.05) is 0 Å². The summed E-state index contributed by atoms with van der Waals surface area (Å²) < 4.78 is 5.89. The Morgan fingerprint density at radius 2 is 2.07 bits per heavy atom. The van der Waals surface area contributed by atoms with Gasteiger partial charge in [-0.15, -0.1) is 0 Å². The van der Waals surface area contributed by atoms with Crippen LogP contribution in [0.4, 0.5) is 0 Å². The molecule has 0 saturated heterocycles. The van der Waals surface area contributed by atoms with Crippen molar-refractivity contribution in [3.8, 4) is 0 Å². The van der Waals surface area contributed by atoms with Crippen LogP contribution in [0, 0.1) is 0 Å². The highest BCUT2D eigenvalue weighted by Crippen LogP contribution is 2.12. The van der Waals surface area contributed by atoms with E-state index in [-0.39, 0.29) is 5.60 Å². The van der Waals surface area contributed by atoms with Crippen LogP contribution in [0.25, 0.3) is 6.08 Å². The molecule has 0 aromatic heterocycles. The van der Waals surface area contributed by atoms with Gasteiger partial charge in [0.25, 0.3) is 9.76 Å². The molecule has 0 aliphatic carbocycles. The summed E-state index contributed by atoms with van der Waals surface area (Å²) in [6.45, 7) is 10.2. The molecule has 15 heavy (non-hydrogen) atoms. The van der Waals surface area contributed by atoms with Crippen LogP contribution in [-0.4, -0.2) is 15.4 Å². The van der Waals surface area contributed by atoms with Crippen LogP contribution >= 0.6 is 0 Å². The summed E-state index contributed by atoms with van der Waals surface area (Å²) in [5, 5.41) is 1.23. The van der Waals surface area contributed by atoms with Crippen molar-refractivity contribution in [2.75, 3.05) is 0 Å². The van der Waals surface area contributed by atoms with E-state index in [2.05, 4.69) is 39.5 Å². The summed E-state index contributed by atoms with van der Waals surface area (Å²) in [6, 6.07) is 8.23. The Bertz CT molecular complexity index is 331. The Labute approximate surface area is 95.1 Å². The van der Waals surface area contributed by atoms with Crippen molar-refractivity contribution in [1.82, 2.24) is 0 Å². The van der Waals surface area contributed by atoms with E-state index >= 15 is 0 Å². The molecular weight excluding hydrogens is 200 g/mol. The van der Waals surface area contributed by atoms with Crippen molar-refractivity contribution < 1.29 is 4.43 Å². The summed E-state index contributed by atoms with van der Waals surface area (Å²) in [4.78, 5) is 0. The van der Waals surface area contributed by atoms with Crippen LogP contribution in [-0.2, 0) is 4.43 Å². The minimum atomic E-state index is -0.0350. The maximum absolute atomic E-state index is 5.89. The molecule has 0 amide bonds. The SMILES string of the molecule is C=Cc1ccccc1[Si]OC(C)(C)CC. The Morgan fingerprint density at radius 1 is 1.40 bits per heavy atom. The van der Waals surface area contributed by atoms with Crippen LogP contribution in [0.1, 0.15) is 32.8 Å². The smallest absolute Gasteiger partial charge is 0.270 e. The van der Waals surface area contributed by atoms with Gasteiger partial charge in [0.15, 0.2) is 0 Å². The maximum atomic E-state index is 5.89. The molecule has 0 aliphatic rings. The van der Waals surface area contributed by atoms with Gasteiger partial charge in [-0.25, -0.2) is 0 Å². The van der Waals surface area contributed by atoms with E-state index in [9.17, 15) is 0 Å². The lowest BCUT2D eigenvalue weighted by Crippen LogP contribution is -2.31. The second-order valence-corrected chi connectivity index (χ2v) is 5.06. The summed E-state index contributed by atoms with van der Waals surface area (Å²) in [5.41, 5.74) is 1.13. The number of hydrogen-bond donors (Lipinski definition) is 0. The summed E-state index contributed by atoms with van der Waals surface area (Å²) >= 11 is 0. The molecule has 0 bridgehead atoms. The van der Waals surface area contributed by atoms with Gasteiger partial charge in [0.1, 0.15) is 0 Å². The van der Waals surface area contributed by atoms with Crippen molar-refractivity contribution in [2.24, 2.45) is 0 Å². The second-order valence-electron chi connectivity index (χ2n) is 4.11. The lowest BCUT2D eigenvalue weighted by molar-refractivity contribution is 0.114. The third-order valence-electron chi connectivity index (χ3n) is 2.47. The number of benzene rings is 1. The highest BCUT2D eigenvalue weighted by atomic mass is 28.2. The molecule has 0 saturated carbocycles. The van der Waals surface area contributed by atoms with Crippen molar-refractivity contribution in [3.05, 3.63) is 36.4 Å². The summed E-state index contributed by atoms with van der Waals surface area (Å²) in [5.74, 6) is 0. The van der Waals surface area contributed by atoms with Crippen molar-refractivity contribution in [1.29, 1.82) is 0 Å². The first-order valence-electron chi connectivity index (χ1n) is 5.24. The van der Waals surface area contributed by atoms with E-state index in [1.807, 2.05) is 18.2 Å². The van der Waals surface area contributed by atoms with E-state index in [1.54, 1.807) is 0 Å². The highest BCUT2D eigenvalue weighted by molar-refractivity contribution is 6.48. The van der Waals surface area contributed by atoms with Crippen molar-refractivity contribution >= 4 is 21.0 Å². The summed E-state index contributed by atoms with van der Waals surface area (Å²) in [6.07, 6.45) is 2.90. The fourth-order valence-corrected chi connectivity index (χ4v) is 2.03. The third kappa shape index (κ3) is 3.65. The largest absolute Gasteiger partial charge is 0.406 e. The van der Waals surface area contributed by atoms with E-state index in [4.69, 9.17) is 4.43 Å². The first kappa shape index (κ1) is 12.2. The Morgan fingerprint density at radius 3 is 2.67 bits per heavy atom. The quantitative estimate of drug-likeness (QED) is 0.691. The molecule has 0 heterocycles. The molecule has 2 heteroatoms. The topological polar surface area (TPSA) is 9.23 Å². The molecule has 1 rings (SSSR count). The highest BCUT2D eigenvalue weighted by Gasteiger charge is 2.16. The van der Waals surface area contributed by atoms with Crippen LogP contribution in [0.5, 0.6) is 0 Å². The molecule has 0 N–H and O–H groups in total. The van der Waals surface area contributed by atoms with Gasteiger partial charge < -0.3 is 4.43 Å². The van der Waals surface area contributed by atoms with Gasteiger partial charge in [-0.2, -0.15) is 0 Å². The zero-order valence-corrected chi connectivity index (χ0v) is 10.7. The average molecular weight is 218 g/mol. The van der Waals surface area contributed by atoms with Crippen LogP contribution < -0.4 is 5.19 Å². The van der Waals surface area contributed by atoms with E-state index in [1.165, 1.54) is 10.8 Å². The van der Waals surface area contributed by atoms with Crippen molar-refractivity contribution in [3.63, 3.8) is 0 Å². The van der Waals surface area contributed by atoms with Gasteiger partial charge in [-0.05, 0) is 31.0 Å². The zero-order chi connectivity index (χ0) is 11.3. The lowest BCUT2D eigenvalue weighted by atomic mass is 10.1. The first-order valence-corrected chi connectivity index (χ1v) is 6.15. The molecule has 1 aromatic rings. The number of rotatable bonds is 5. The maximum Gasteiger partial charge on any atom is 0.270 e. The van der Waals surface area contributed by atoms with E-state index in [0.717, 1.165) is 6.42 Å². The van der Waals surface area contributed by atoms with E-state index in [0.29, 0.717) is 9.76 Å². The van der Waals surface area contributed by atoms with Gasteiger partial charge in [0.05, 0.1) is 5.60 Å². The molecule has 0 fully saturated rings. The predicted octanol–water partition coefficient (Wildman–Crippen LogP) is 2.78. The normalized spacial score (nSPS) is 11.4. The Hall–Kier alpha value is -0.863. The molecule has 0 aliphatic heterocycles. The van der Waals surface area contributed by atoms with Gasteiger partial charge in [-0.3, -0.25) is 0 Å². The molecule has 0 spiro atoms. The molecule has 0 atom stereocenters. The molecule has 80 valence electrons.